The molecular weight excluding hydrogens is 418 g/mol. The lowest BCUT2D eigenvalue weighted by atomic mass is 9.91. The summed E-state index contributed by atoms with van der Waals surface area (Å²) in [6.07, 6.45) is 4.44. The second kappa shape index (κ2) is 9.66. The Morgan fingerprint density at radius 2 is 2.03 bits per heavy atom. The van der Waals surface area contributed by atoms with E-state index in [1.807, 2.05) is 31.7 Å². The zero-order valence-electron chi connectivity index (χ0n) is 19.7. The van der Waals surface area contributed by atoms with Crippen LogP contribution >= 0.6 is 23.5 Å². The molecule has 0 radical (unpaired) electrons. The molecule has 5 nitrogen and oxygen atoms in total. The van der Waals surface area contributed by atoms with E-state index in [1.165, 1.54) is 0 Å². The smallest absolute Gasteiger partial charge is 0.410 e. The van der Waals surface area contributed by atoms with Crippen LogP contribution in [-0.4, -0.2) is 38.4 Å². The van der Waals surface area contributed by atoms with E-state index < -0.39 is 5.60 Å². The van der Waals surface area contributed by atoms with Crippen molar-refractivity contribution in [2.45, 2.75) is 96.6 Å². The number of carbonyl (C=O) groups is 1. The Balaban J connectivity index is 2.05. The van der Waals surface area contributed by atoms with Gasteiger partial charge in [-0.1, -0.05) is 23.5 Å². The van der Waals surface area contributed by atoms with Crippen molar-refractivity contribution in [1.82, 2.24) is 14.6 Å². The lowest BCUT2D eigenvalue weighted by molar-refractivity contribution is 0.0131. The van der Waals surface area contributed by atoms with E-state index in [2.05, 4.69) is 44.3 Å². The molecule has 0 aliphatic carbocycles. The first-order valence-corrected chi connectivity index (χ1v) is 11.9. The number of halogens is 1. The van der Waals surface area contributed by atoms with Gasteiger partial charge in [0.05, 0.1) is 11.7 Å². The van der Waals surface area contributed by atoms with Gasteiger partial charge in [0.2, 0.25) is 0 Å². The van der Waals surface area contributed by atoms with Crippen molar-refractivity contribution in [3.63, 3.8) is 0 Å². The number of nitrogens with one attached hydrogen (secondary N) is 1. The second-order valence-corrected chi connectivity index (χ2v) is 12.9. The normalized spacial score (nSPS) is 20.3. The van der Waals surface area contributed by atoms with Crippen LogP contribution in [0.15, 0.2) is 18.3 Å². The predicted octanol–water partition coefficient (Wildman–Crippen LogP) is 6.63. The lowest BCUT2D eigenvalue weighted by Gasteiger charge is -2.33. The maximum Gasteiger partial charge on any atom is 0.410 e. The van der Waals surface area contributed by atoms with Gasteiger partial charge < -0.3 is 9.64 Å². The number of carbonyl (C=O) groups excluding carboxylic acids is 1. The Morgan fingerprint density at radius 3 is 2.60 bits per heavy atom. The van der Waals surface area contributed by atoms with E-state index in [1.54, 1.807) is 24.2 Å². The van der Waals surface area contributed by atoms with E-state index in [9.17, 15) is 4.79 Å². The quantitative estimate of drug-likeness (QED) is 0.488. The van der Waals surface area contributed by atoms with E-state index in [0.717, 1.165) is 31.5 Å². The highest BCUT2D eigenvalue weighted by Crippen LogP contribution is 2.38. The molecule has 1 aromatic rings. The van der Waals surface area contributed by atoms with Crippen LogP contribution in [0.2, 0.25) is 5.02 Å². The third-order valence-electron chi connectivity index (χ3n) is 5.04. The summed E-state index contributed by atoms with van der Waals surface area (Å²) in [6.45, 7) is 17.3. The van der Waals surface area contributed by atoms with Crippen LogP contribution in [-0.2, 0) is 4.74 Å². The Hall–Kier alpha value is -0.980. The Kier molecular flexibility index (Phi) is 8.14. The molecule has 2 heterocycles. The molecule has 30 heavy (non-hydrogen) atoms. The number of rotatable bonds is 6. The SMILES string of the molecule is CC(C)(C)OC(=O)N1CC(CCC(NSC(C)(C)C)c2cc(Cl)ccn2)CC1(C)C. The van der Waals surface area contributed by atoms with Gasteiger partial charge in [-0.15, -0.1) is 0 Å². The maximum atomic E-state index is 12.7. The predicted molar refractivity (Wildman–Crippen MR) is 127 cm³/mol. The first-order chi connectivity index (χ1) is 13.7. The topological polar surface area (TPSA) is 54.5 Å². The number of pyridine rings is 1. The van der Waals surface area contributed by atoms with Crippen LogP contribution in [0.5, 0.6) is 0 Å². The molecule has 1 N–H and O–H groups in total. The second-order valence-electron chi connectivity index (χ2n) is 10.8. The highest BCUT2D eigenvalue weighted by molar-refractivity contribution is 7.98. The van der Waals surface area contributed by atoms with Gasteiger partial charge in [-0.2, -0.15) is 0 Å². The molecule has 1 amide bonds. The Morgan fingerprint density at radius 1 is 1.37 bits per heavy atom. The zero-order chi connectivity index (χ0) is 22.7. The van der Waals surface area contributed by atoms with Gasteiger partial charge in [-0.05, 0) is 92.7 Å². The molecule has 0 aromatic carbocycles. The molecule has 2 rings (SSSR count). The van der Waals surface area contributed by atoms with Crippen LogP contribution in [0.4, 0.5) is 4.79 Å². The standard InChI is InChI=1S/C23H38ClN3O2S/c1-21(2,3)29-20(28)27-15-16(14-23(27,7)8)9-10-18(26-30-22(4,5)6)19-13-17(24)11-12-25-19/h11-13,16,18,26H,9-10,14-15H2,1-8H3. The molecule has 1 aromatic heterocycles. The van der Waals surface area contributed by atoms with Gasteiger partial charge in [0.1, 0.15) is 5.60 Å². The number of nitrogens with zero attached hydrogens (tertiary/aromatic N) is 2. The van der Waals surface area contributed by atoms with E-state index in [0.29, 0.717) is 10.9 Å². The average molecular weight is 456 g/mol. The molecule has 1 fully saturated rings. The zero-order valence-corrected chi connectivity index (χ0v) is 21.3. The summed E-state index contributed by atoms with van der Waals surface area (Å²) >= 11 is 7.94. The minimum absolute atomic E-state index is 0.0969. The van der Waals surface area contributed by atoms with Crippen LogP contribution in [0.1, 0.15) is 86.4 Å². The van der Waals surface area contributed by atoms with Crippen molar-refractivity contribution in [1.29, 1.82) is 0 Å². The Labute approximate surface area is 191 Å². The molecular formula is C23H38ClN3O2S. The summed E-state index contributed by atoms with van der Waals surface area (Å²) in [5.74, 6) is 0.427. The van der Waals surface area contributed by atoms with Gasteiger partial charge >= 0.3 is 6.09 Å². The highest BCUT2D eigenvalue weighted by Gasteiger charge is 2.42. The molecule has 0 saturated carbocycles. The lowest BCUT2D eigenvalue weighted by Crippen LogP contribution is -2.45. The van der Waals surface area contributed by atoms with Gasteiger partial charge in [0, 0.05) is 28.1 Å². The third kappa shape index (κ3) is 7.93. The van der Waals surface area contributed by atoms with E-state index in [4.69, 9.17) is 16.3 Å². The number of amides is 1. The largest absolute Gasteiger partial charge is 0.444 e. The summed E-state index contributed by atoms with van der Waals surface area (Å²) in [5.41, 5.74) is 0.271. The maximum absolute atomic E-state index is 12.7. The van der Waals surface area contributed by atoms with Crippen molar-refractivity contribution < 1.29 is 9.53 Å². The fourth-order valence-corrected chi connectivity index (χ4v) is 4.65. The fraction of sp³-hybridized carbons (Fsp3) is 0.739. The number of aromatic nitrogens is 1. The van der Waals surface area contributed by atoms with Crippen LogP contribution in [0, 0.1) is 5.92 Å². The minimum Gasteiger partial charge on any atom is -0.444 e. The van der Waals surface area contributed by atoms with Crippen molar-refractivity contribution in [3.05, 3.63) is 29.0 Å². The van der Waals surface area contributed by atoms with Gasteiger partial charge in [0.25, 0.3) is 0 Å². The summed E-state index contributed by atoms with van der Waals surface area (Å²) in [6, 6.07) is 3.84. The molecule has 1 saturated heterocycles. The summed E-state index contributed by atoms with van der Waals surface area (Å²) in [4.78, 5) is 19.1. The molecule has 0 bridgehead atoms. The van der Waals surface area contributed by atoms with E-state index >= 15 is 0 Å². The Bertz CT molecular complexity index is 728. The van der Waals surface area contributed by atoms with Crippen molar-refractivity contribution in [2.24, 2.45) is 5.92 Å². The third-order valence-corrected chi connectivity index (χ3v) is 6.29. The molecule has 1 aliphatic heterocycles. The molecule has 1 aliphatic rings. The molecule has 2 atom stereocenters. The minimum atomic E-state index is -0.483. The van der Waals surface area contributed by atoms with Crippen molar-refractivity contribution in [2.75, 3.05) is 6.54 Å². The van der Waals surface area contributed by atoms with Gasteiger partial charge in [-0.3, -0.25) is 9.71 Å². The summed E-state index contributed by atoms with van der Waals surface area (Å²) in [5, 5.41) is 0.700. The molecule has 0 spiro atoms. The van der Waals surface area contributed by atoms with Crippen LogP contribution in [0.3, 0.4) is 0 Å². The molecule has 7 heteroatoms. The number of hydrogen-bond donors (Lipinski definition) is 1. The van der Waals surface area contributed by atoms with Gasteiger partial charge in [0.15, 0.2) is 0 Å². The van der Waals surface area contributed by atoms with Crippen molar-refractivity contribution >= 4 is 29.6 Å². The monoisotopic (exact) mass is 455 g/mol. The average Bonchev–Trinajstić information content (AvgIpc) is 2.87. The van der Waals surface area contributed by atoms with Crippen LogP contribution in [0.25, 0.3) is 0 Å². The first-order valence-electron chi connectivity index (χ1n) is 10.7. The first kappa shape index (κ1) is 25.3. The van der Waals surface area contributed by atoms with Gasteiger partial charge in [-0.25, -0.2) is 4.79 Å². The number of likely N-dealkylation sites (tertiary alicyclic amines) is 1. The van der Waals surface area contributed by atoms with Crippen LogP contribution < -0.4 is 4.72 Å². The summed E-state index contributed by atoms with van der Waals surface area (Å²) < 4.78 is 9.34. The number of hydrogen-bond acceptors (Lipinski definition) is 5. The van der Waals surface area contributed by atoms with Crippen molar-refractivity contribution in [3.8, 4) is 0 Å². The van der Waals surface area contributed by atoms with E-state index in [-0.39, 0.29) is 22.4 Å². The summed E-state index contributed by atoms with van der Waals surface area (Å²) in [7, 11) is 0. The fourth-order valence-electron chi connectivity index (χ4n) is 3.75. The molecule has 170 valence electrons. The number of ether oxygens (including phenoxy) is 1. The molecule has 2 unspecified atom stereocenters. The highest BCUT2D eigenvalue weighted by atomic mass is 35.5.